The maximum Gasteiger partial charge on any atom is 0.303 e. The van der Waals surface area contributed by atoms with Crippen LogP contribution < -0.4 is 5.56 Å². The number of hydrogen-bond donors (Lipinski definition) is 1. The van der Waals surface area contributed by atoms with Crippen molar-refractivity contribution in [1.29, 1.82) is 0 Å². The highest BCUT2D eigenvalue weighted by atomic mass is 16.6. The zero-order valence-corrected chi connectivity index (χ0v) is 22.8. The number of para-hydroxylation sites is 2. The van der Waals surface area contributed by atoms with Gasteiger partial charge < -0.3 is 19.2 Å². The molecule has 4 unspecified atom stereocenters. The second-order valence-corrected chi connectivity index (χ2v) is 12.0. The largest absolute Gasteiger partial charge is 0.481 e. The average molecular weight is 537 g/mol. The second kappa shape index (κ2) is 11.4. The lowest BCUT2D eigenvalue weighted by atomic mass is 9.75. The minimum Gasteiger partial charge on any atom is -0.481 e. The molecule has 2 aliphatic carbocycles. The number of oxime groups is 1. The van der Waals surface area contributed by atoms with Gasteiger partial charge in [0.25, 0.3) is 5.56 Å². The topological polar surface area (TPSA) is 106 Å². The third-order valence-corrected chi connectivity index (χ3v) is 9.54. The predicted octanol–water partition coefficient (Wildman–Crippen LogP) is 4.38. The van der Waals surface area contributed by atoms with Crippen LogP contribution in [0.5, 0.6) is 0 Å². The minimum absolute atomic E-state index is 0.00781. The van der Waals surface area contributed by atoms with Crippen molar-refractivity contribution in [2.45, 2.75) is 94.8 Å². The predicted molar refractivity (Wildman–Crippen MR) is 148 cm³/mol. The molecule has 4 aliphatic rings. The highest BCUT2D eigenvalue weighted by Crippen LogP contribution is 2.44. The molecule has 4 atom stereocenters. The number of benzene rings is 1. The first-order valence-corrected chi connectivity index (χ1v) is 14.7. The van der Waals surface area contributed by atoms with E-state index >= 15 is 0 Å². The molecule has 1 aromatic carbocycles. The Hall–Kier alpha value is -2.78. The summed E-state index contributed by atoms with van der Waals surface area (Å²) in [5, 5.41) is 13.3. The first-order valence-electron chi connectivity index (χ1n) is 14.7. The number of morpholine rings is 1. The Labute approximate surface area is 229 Å². The van der Waals surface area contributed by atoms with Crippen LogP contribution in [0.4, 0.5) is 0 Å². The Morgan fingerprint density at radius 2 is 1.69 bits per heavy atom. The highest BCUT2D eigenvalue weighted by Gasteiger charge is 2.45. The van der Waals surface area contributed by atoms with E-state index in [4.69, 9.17) is 9.57 Å². The molecule has 9 heteroatoms. The lowest BCUT2D eigenvalue weighted by Crippen LogP contribution is -2.62. The van der Waals surface area contributed by atoms with Gasteiger partial charge in [0.2, 0.25) is 0 Å². The van der Waals surface area contributed by atoms with Crippen LogP contribution in [0.1, 0.15) is 82.4 Å². The first-order chi connectivity index (χ1) is 19.0. The van der Waals surface area contributed by atoms with Crippen LogP contribution in [0.25, 0.3) is 11.0 Å². The molecule has 0 radical (unpaired) electrons. The maximum atomic E-state index is 14.1. The van der Waals surface area contributed by atoms with Gasteiger partial charge in [-0.1, -0.05) is 43.0 Å². The van der Waals surface area contributed by atoms with Gasteiger partial charge >= 0.3 is 5.97 Å². The minimum atomic E-state index is -0.956. The molecule has 1 aromatic heterocycles. The van der Waals surface area contributed by atoms with Gasteiger partial charge in [-0.15, -0.1) is 0 Å². The van der Waals surface area contributed by atoms with Gasteiger partial charge in [0.15, 0.2) is 5.69 Å². The average Bonchev–Trinajstić information content (AvgIpc) is 3.09. The fraction of sp³-hybridized carbons (Fsp3) is 0.667. The number of carboxylic acids is 1. The van der Waals surface area contributed by atoms with Gasteiger partial charge in [-0.3, -0.25) is 14.5 Å². The summed E-state index contributed by atoms with van der Waals surface area (Å²) in [6, 6.07) is 8.91. The molecule has 3 heterocycles. The molecular formula is C30H40N4O5. The Morgan fingerprint density at radius 3 is 2.36 bits per heavy atom. The molecule has 9 nitrogen and oxygen atoms in total. The normalized spacial score (nSPS) is 31.6. The van der Waals surface area contributed by atoms with Crippen LogP contribution >= 0.6 is 0 Å². The van der Waals surface area contributed by atoms with Gasteiger partial charge in [-0.05, 0) is 56.1 Å². The summed E-state index contributed by atoms with van der Waals surface area (Å²) in [6.07, 6.45) is 11.2. The number of carbonyl (C=O) groups is 1. The second-order valence-electron chi connectivity index (χ2n) is 12.0. The number of rotatable bonds is 7. The maximum absolute atomic E-state index is 14.1. The van der Waals surface area contributed by atoms with Crippen molar-refractivity contribution in [3.05, 3.63) is 40.3 Å². The number of piperidine rings is 1. The fourth-order valence-electron chi connectivity index (χ4n) is 8.08. The van der Waals surface area contributed by atoms with Gasteiger partial charge in [0.1, 0.15) is 12.8 Å². The van der Waals surface area contributed by atoms with Crippen LogP contribution in [-0.4, -0.2) is 69.7 Å². The number of aromatic nitrogens is 2. The summed E-state index contributed by atoms with van der Waals surface area (Å²) in [7, 11) is 1.40. The van der Waals surface area contributed by atoms with Crippen LogP contribution in [-0.2, 0) is 14.4 Å². The number of aliphatic carboxylic acids is 1. The van der Waals surface area contributed by atoms with Crippen molar-refractivity contribution < 1.29 is 19.5 Å². The van der Waals surface area contributed by atoms with E-state index in [0.29, 0.717) is 24.8 Å². The lowest BCUT2D eigenvalue weighted by molar-refractivity contribution is -0.136. The van der Waals surface area contributed by atoms with E-state index in [-0.39, 0.29) is 47.9 Å². The summed E-state index contributed by atoms with van der Waals surface area (Å²) in [4.78, 5) is 37.8. The smallest absolute Gasteiger partial charge is 0.303 e. The number of hydrogen-bond acceptors (Lipinski definition) is 7. The van der Waals surface area contributed by atoms with Gasteiger partial charge in [0, 0.05) is 30.6 Å². The Kier molecular flexibility index (Phi) is 7.71. The zero-order valence-electron chi connectivity index (χ0n) is 22.8. The van der Waals surface area contributed by atoms with Crippen molar-refractivity contribution in [3.63, 3.8) is 0 Å². The van der Waals surface area contributed by atoms with Crippen LogP contribution in [0, 0.1) is 11.8 Å². The molecule has 2 aliphatic heterocycles. The molecule has 6 rings (SSSR count). The Bertz CT molecular complexity index is 1260. The van der Waals surface area contributed by atoms with E-state index in [1.165, 1.54) is 52.1 Å². The molecular weight excluding hydrogens is 496 g/mol. The van der Waals surface area contributed by atoms with E-state index in [2.05, 4.69) is 15.0 Å². The first kappa shape index (κ1) is 26.4. The SMILES string of the molecule is CON=C(CCC(=O)O)c1nc2ccccc2n(C2CC3COCC(C2)N3C2CC3CCCCC(C3)C2)c1=O. The molecule has 0 spiro atoms. The van der Waals surface area contributed by atoms with Crippen molar-refractivity contribution >= 4 is 22.7 Å². The monoisotopic (exact) mass is 536 g/mol. The van der Waals surface area contributed by atoms with Gasteiger partial charge in [-0.25, -0.2) is 4.98 Å². The summed E-state index contributed by atoms with van der Waals surface area (Å²) in [5.74, 6) is 0.756. The molecule has 2 saturated carbocycles. The van der Waals surface area contributed by atoms with Crippen molar-refractivity contribution in [2.24, 2.45) is 17.0 Å². The zero-order chi connectivity index (χ0) is 26.9. The standard InChI is InChI=1S/C30H40N4O5/c1-38-32-26(10-11-28(35)36)29-30(37)34(27-9-5-4-8-25(27)31-29)22-15-23-17-39-18-24(16-22)33(23)21-13-19-6-2-3-7-20(12-19)14-21/h4-5,8-9,19-24H,2-3,6-7,10-18H2,1H3,(H,35,36). The molecule has 39 heavy (non-hydrogen) atoms. The Morgan fingerprint density at radius 1 is 1.00 bits per heavy atom. The summed E-state index contributed by atoms with van der Waals surface area (Å²) >= 11 is 0. The summed E-state index contributed by atoms with van der Waals surface area (Å²) in [6.45, 7) is 1.41. The number of fused-ring (bicyclic) bond motifs is 5. The third kappa shape index (κ3) is 5.35. The third-order valence-electron chi connectivity index (χ3n) is 9.54. The molecule has 4 bridgehead atoms. The van der Waals surface area contributed by atoms with Crippen molar-refractivity contribution in [3.8, 4) is 0 Å². The molecule has 210 valence electrons. The van der Waals surface area contributed by atoms with Crippen molar-refractivity contribution in [2.75, 3.05) is 20.3 Å². The quantitative estimate of drug-likeness (QED) is 0.414. The summed E-state index contributed by atoms with van der Waals surface area (Å²) in [5.41, 5.74) is 1.73. The fourth-order valence-corrected chi connectivity index (χ4v) is 8.08. The highest BCUT2D eigenvalue weighted by molar-refractivity contribution is 6.00. The molecule has 2 saturated heterocycles. The Balaban J connectivity index is 1.34. The van der Waals surface area contributed by atoms with Gasteiger partial charge in [-0.2, -0.15) is 0 Å². The van der Waals surface area contributed by atoms with E-state index in [1.807, 2.05) is 28.8 Å². The molecule has 1 N–H and O–H groups in total. The van der Waals surface area contributed by atoms with Crippen molar-refractivity contribution in [1.82, 2.24) is 14.5 Å². The molecule has 4 fully saturated rings. The number of carboxylic acid groups (broad SMARTS) is 1. The van der Waals surface area contributed by atoms with E-state index in [0.717, 1.165) is 30.2 Å². The summed E-state index contributed by atoms with van der Waals surface area (Å²) < 4.78 is 8.00. The van der Waals surface area contributed by atoms with Gasteiger partial charge in [0.05, 0.1) is 30.7 Å². The number of ether oxygens (including phenoxy) is 1. The van der Waals surface area contributed by atoms with Crippen LogP contribution in [0.15, 0.2) is 34.2 Å². The molecule has 2 aromatic rings. The van der Waals surface area contributed by atoms with Crippen LogP contribution in [0.2, 0.25) is 0 Å². The molecule has 0 amide bonds. The van der Waals surface area contributed by atoms with E-state index in [9.17, 15) is 14.7 Å². The van der Waals surface area contributed by atoms with Crippen LogP contribution in [0.3, 0.4) is 0 Å². The van der Waals surface area contributed by atoms with E-state index < -0.39 is 5.97 Å². The lowest BCUT2D eigenvalue weighted by Gasteiger charge is -2.54. The number of nitrogens with zero attached hydrogens (tertiary/aromatic N) is 4. The van der Waals surface area contributed by atoms with E-state index in [1.54, 1.807) is 0 Å².